The third kappa shape index (κ3) is 3.15. The predicted octanol–water partition coefficient (Wildman–Crippen LogP) is 3.25. The standard InChI is InChI=1S/C16H14ClF4N3O2/c17-9-4-10(18)8(3-11(9)19)12-13(14(25)22-7-1-2-7)23-24-5-16(20,21)6-26-15(12)24/h3-4,7,14,22,25H,1-2,5-6H2. The number of hydrogen-bond acceptors (Lipinski definition) is 4. The Morgan fingerprint density at radius 3 is 2.73 bits per heavy atom. The SMILES string of the molecule is OC(NC1CC1)c1nn2c(c1-c1cc(F)c(Cl)cc1F)OCC(F)(F)C2. The molecule has 2 aromatic rings. The Balaban J connectivity index is 1.86. The van der Waals surface area contributed by atoms with Crippen LogP contribution >= 0.6 is 11.6 Å². The Hall–Kier alpha value is -1.84. The zero-order chi connectivity index (χ0) is 18.6. The molecule has 26 heavy (non-hydrogen) atoms. The average Bonchev–Trinajstić information content (AvgIpc) is 3.29. The molecule has 1 atom stereocenters. The summed E-state index contributed by atoms with van der Waals surface area (Å²) in [5.74, 6) is -5.08. The van der Waals surface area contributed by atoms with Crippen molar-refractivity contribution in [3.05, 3.63) is 34.5 Å². The minimum Gasteiger partial charge on any atom is -0.471 e. The van der Waals surface area contributed by atoms with Crippen molar-refractivity contribution in [2.24, 2.45) is 0 Å². The number of aliphatic hydroxyl groups excluding tert-OH is 1. The molecule has 0 spiro atoms. The average molecular weight is 392 g/mol. The second-order valence-corrected chi connectivity index (χ2v) is 6.86. The van der Waals surface area contributed by atoms with Gasteiger partial charge in [-0.3, -0.25) is 5.32 Å². The lowest BCUT2D eigenvalue weighted by Crippen LogP contribution is -2.36. The van der Waals surface area contributed by atoms with E-state index in [0.29, 0.717) is 0 Å². The van der Waals surface area contributed by atoms with Crippen LogP contribution in [0.25, 0.3) is 11.1 Å². The fourth-order valence-corrected chi connectivity index (χ4v) is 3.02. The summed E-state index contributed by atoms with van der Waals surface area (Å²) >= 11 is 5.58. The number of fused-ring (bicyclic) bond motifs is 1. The molecule has 0 bridgehead atoms. The summed E-state index contributed by atoms with van der Waals surface area (Å²) in [4.78, 5) is 0. The quantitative estimate of drug-likeness (QED) is 0.477. The molecule has 2 aliphatic rings. The second kappa shape index (κ2) is 6.11. The van der Waals surface area contributed by atoms with E-state index in [0.717, 1.165) is 29.7 Å². The molecular formula is C16H14ClF4N3O2. The van der Waals surface area contributed by atoms with Gasteiger partial charge in [-0.15, -0.1) is 0 Å². The van der Waals surface area contributed by atoms with Crippen molar-refractivity contribution >= 4 is 11.6 Å². The molecule has 2 N–H and O–H groups in total. The second-order valence-electron chi connectivity index (χ2n) is 6.46. The summed E-state index contributed by atoms with van der Waals surface area (Å²) in [6, 6.07) is 1.67. The summed E-state index contributed by atoms with van der Waals surface area (Å²) in [5.41, 5.74) is -0.454. The van der Waals surface area contributed by atoms with Gasteiger partial charge in [0.1, 0.15) is 23.9 Å². The Bertz CT molecular complexity index is 870. The van der Waals surface area contributed by atoms with E-state index in [1.54, 1.807) is 0 Å². The highest BCUT2D eigenvalue weighted by molar-refractivity contribution is 6.30. The van der Waals surface area contributed by atoms with Crippen molar-refractivity contribution in [2.45, 2.75) is 37.6 Å². The van der Waals surface area contributed by atoms with Crippen LogP contribution in [-0.4, -0.2) is 33.5 Å². The molecule has 4 rings (SSSR count). The normalized spacial score (nSPS) is 19.8. The monoisotopic (exact) mass is 391 g/mol. The first-order valence-corrected chi connectivity index (χ1v) is 8.33. The maximum absolute atomic E-state index is 14.4. The van der Waals surface area contributed by atoms with Gasteiger partial charge in [-0.2, -0.15) is 5.10 Å². The maximum atomic E-state index is 14.4. The lowest BCUT2D eigenvalue weighted by molar-refractivity contribution is -0.0794. The highest BCUT2D eigenvalue weighted by Gasteiger charge is 2.41. The fourth-order valence-electron chi connectivity index (χ4n) is 2.87. The molecule has 1 aromatic carbocycles. The van der Waals surface area contributed by atoms with E-state index in [9.17, 15) is 22.7 Å². The van der Waals surface area contributed by atoms with Gasteiger partial charge < -0.3 is 9.84 Å². The zero-order valence-corrected chi connectivity index (χ0v) is 14.0. The molecular weight excluding hydrogens is 378 g/mol. The van der Waals surface area contributed by atoms with E-state index in [2.05, 4.69) is 10.4 Å². The van der Waals surface area contributed by atoms with E-state index >= 15 is 0 Å². The third-order valence-corrected chi connectivity index (χ3v) is 4.53. The summed E-state index contributed by atoms with van der Waals surface area (Å²) in [7, 11) is 0. The van der Waals surface area contributed by atoms with E-state index < -0.39 is 42.0 Å². The Labute approximate surface area is 150 Å². The highest BCUT2D eigenvalue weighted by atomic mass is 35.5. The lowest BCUT2D eigenvalue weighted by atomic mass is 10.0. The van der Waals surface area contributed by atoms with Crippen LogP contribution in [0.5, 0.6) is 5.88 Å². The largest absolute Gasteiger partial charge is 0.471 e. The molecule has 0 saturated heterocycles. The van der Waals surface area contributed by atoms with Crippen LogP contribution < -0.4 is 10.1 Å². The Morgan fingerprint density at radius 2 is 2.04 bits per heavy atom. The van der Waals surface area contributed by atoms with Crippen LogP contribution in [0.2, 0.25) is 5.02 Å². The molecule has 1 aliphatic heterocycles. The maximum Gasteiger partial charge on any atom is 0.300 e. The number of aliphatic hydroxyl groups is 1. The molecule has 140 valence electrons. The molecule has 1 fully saturated rings. The van der Waals surface area contributed by atoms with Gasteiger partial charge in [0.05, 0.1) is 10.6 Å². The van der Waals surface area contributed by atoms with E-state index in [1.165, 1.54) is 0 Å². The molecule has 0 amide bonds. The number of benzene rings is 1. The summed E-state index contributed by atoms with van der Waals surface area (Å²) in [5, 5.41) is 16.8. The van der Waals surface area contributed by atoms with Gasteiger partial charge >= 0.3 is 5.92 Å². The van der Waals surface area contributed by atoms with Crippen LogP contribution in [-0.2, 0) is 6.54 Å². The molecule has 5 nitrogen and oxygen atoms in total. The van der Waals surface area contributed by atoms with Crippen LogP contribution in [0.4, 0.5) is 17.6 Å². The molecule has 1 unspecified atom stereocenters. The number of ether oxygens (including phenoxy) is 1. The third-order valence-electron chi connectivity index (χ3n) is 4.24. The predicted molar refractivity (Wildman–Crippen MR) is 84.1 cm³/mol. The molecule has 0 radical (unpaired) electrons. The van der Waals surface area contributed by atoms with E-state index in [1.807, 2.05) is 0 Å². The summed E-state index contributed by atoms with van der Waals surface area (Å²) in [6.07, 6.45) is 0.350. The number of alkyl halides is 2. The highest BCUT2D eigenvalue weighted by Crippen LogP contribution is 2.42. The molecule has 1 saturated carbocycles. The van der Waals surface area contributed by atoms with Gasteiger partial charge in [0, 0.05) is 11.6 Å². The van der Waals surface area contributed by atoms with Gasteiger partial charge in [0.2, 0.25) is 5.88 Å². The molecule has 2 heterocycles. The molecule has 1 aromatic heterocycles. The number of nitrogens with zero attached hydrogens (tertiary/aromatic N) is 2. The molecule has 1 aliphatic carbocycles. The van der Waals surface area contributed by atoms with Gasteiger partial charge in [-0.25, -0.2) is 22.2 Å². The summed E-state index contributed by atoms with van der Waals surface area (Å²) < 4.78 is 61.5. The van der Waals surface area contributed by atoms with Crippen molar-refractivity contribution < 1.29 is 27.4 Å². The number of halogens is 5. The first-order chi connectivity index (χ1) is 12.2. The smallest absolute Gasteiger partial charge is 0.300 e. The van der Waals surface area contributed by atoms with Crippen LogP contribution in [0.3, 0.4) is 0 Å². The van der Waals surface area contributed by atoms with Crippen LogP contribution in [0.1, 0.15) is 24.8 Å². The first-order valence-electron chi connectivity index (χ1n) is 7.95. The fraction of sp³-hybridized carbons (Fsp3) is 0.438. The zero-order valence-electron chi connectivity index (χ0n) is 13.3. The first kappa shape index (κ1) is 17.6. The molecule has 10 heteroatoms. The van der Waals surface area contributed by atoms with Crippen molar-refractivity contribution in [3.8, 4) is 17.0 Å². The number of aromatic nitrogens is 2. The Kier molecular flexibility index (Phi) is 4.13. The summed E-state index contributed by atoms with van der Waals surface area (Å²) in [6.45, 7) is -1.71. The Morgan fingerprint density at radius 1 is 1.31 bits per heavy atom. The lowest BCUT2D eigenvalue weighted by Gasteiger charge is -2.24. The van der Waals surface area contributed by atoms with Gasteiger partial charge in [0.15, 0.2) is 12.8 Å². The minimum absolute atomic E-state index is 0.0609. The van der Waals surface area contributed by atoms with Crippen LogP contribution in [0.15, 0.2) is 12.1 Å². The van der Waals surface area contributed by atoms with Crippen molar-refractivity contribution in [2.75, 3.05) is 6.61 Å². The van der Waals surface area contributed by atoms with Crippen molar-refractivity contribution in [1.82, 2.24) is 15.1 Å². The van der Waals surface area contributed by atoms with Gasteiger partial charge in [-0.1, -0.05) is 11.6 Å². The topological polar surface area (TPSA) is 59.3 Å². The van der Waals surface area contributed by atoms with Crippen molar-refractivity contribution in [3.63, 3.8) is 0 Å². The minimum atomic E-state index is -3.16. The van der Waals surface area contributed by atoms with Gasteiger partial charge in [-0.05, 0) is 25.0 Å². The number of nitrogens with one attached hydrogen (secondary N) is 1. The van der Waals surface area contributed by atoms with Gasteiger partial charge in [0.25, 0.3) is 0 Å². The van der Waals surface area contributed by atoms with E-state index in [-0.39, 0.29) is 28.7 Å². The van der Waals surface area contributed by atoms with E-state index in [4.69, 9.17) is 16.3 Å². The number of hydrogen-bond donors (Lipinski definition) is 2. The van der Waals surface area contributed by atoms with Crippen molar-refractivity contribution in [1.29, 1.82) is 0 Å². The van der Waals surface area contributed by atoms with Crippen LogP contribution in [0, 0.1) is 11.6 Å². The number of rotatable bonds is 4.